The van der Waals surface area contributed by atoms with Gasteiger partial charge in [0.15, 0.2) is 5.65 Å². The van der Waals surface area contributed by atoms with Crippen molar-refractivity contribution >= 4 is 27.8 Å². The summed E-state index contributed by atoms with van der Waals surface area (Å²) in [4.78, 5) is 24.1. The third-order valence-corrected chi connectivity index (χ3v) is 6.07. The van der Waals surface area contributed by atoms with Gasteiger partial charge in [-0.25, -0.2) is 9.97 Å². The lowest BCUT2D eigenvalue weighted by Crippen LogP contribution is -2.38. The molecule has 0 spiro atoms. The van der Waals surface area contributed by atoms with Crippen LogP contribution in [0, 0.1) is 0 Å². The lowest BCUT2D eigenvalue weighted by atomic mass is 9.92. The van der Waals surface area contributed by atoms with Crippen LogP contribution in [0.25, 0.3) is 21.9 Å². The minimum Gasteiger partial charge on any atom is -0.350 e. The Morgan fingerprint density at radius 1 is 1.07 bits per heavy atom. The number of rotatable bonds is 3. The fourth-order valence-electron chi connectivity index (χ4n) is 4.46. The number of hydrogen-bond donors (Lipinski definition) is 0. The molecule has 0 bridgehead atoms. The standard InChI is InChI=1S/C24H24N4O/c1-27-16-19(20-6-2-3-7-22(20)27)15-23(29)28-13-10-17(11-14-28)21-9-8-18-5-4-12-25-24(18)26-21/h2-9,12,16-17H,10-11,13-15H2,1H3. The van der Waals surface area contributed by atoms with E-state index >= 15 is 0 Å². The van der Waals surface area contributed by atoms with Gasteiger partial charge in [-0.3, -0.25) is 4.79 Å². The van der Waals surface area contributed by atoms with Crippen LogP contribution < -0.4 is 0 Å². The van der Waals surface area contributed by atoms with Crippen molar-refractivity contribution in [2.45, 2.75) is 25.2 Å². The van der Waals surface area contributed by atoms with Gasteiger partial charge in [0.2, 0.25) is 5.91 Å². The second-order valence-electron chi connectivity index (χ2n) is 7.90. The Morgan fingerprint density at radius 2 is 1.90 bits per heavy atom. The summed E-state index contributed by atoms with van der Waals surface area (Å²) in [6.45, 7) is 1.58. The van der Waals surface area contributed by atoms with Crippen molar-refractivity contribution in [2.24, 2.45) is 7.05 Å². The molecule has 1 aliphatic rings. The molecule has 1 aromatic carbocycles. The molecule has 0 unspecified atom stereocenters. The Balaban J connectivity index is 1.26. The highest BCUT2D eigenvalue weighted by molar-refractivity contribution is 5.89. The summed E-state index contributed by atoms with van der Waals surface area (Å²) < 4.78 is 2.10. The molecular formula is C24H24N4O. The number of piperidine rings is 1. The van der Waals surface area contributed by atoms with Gasteiger partial charge in [-0.2, -0.15) is 0 Å². The van der Waals surface area contributed by atoms with E-state index in [-0.39, 0.29) is 5.91 Å². The Morgan fingerprint density at radius 3 is 2.76 bits per heavy atom. The maximum absolute atomic E-state index is 12.9. The smallest absolute Gasteiger partial charge is 0.227 e. The Kier molecular flexibility index (Phi) is 4.51. The summed E-state index contributed by atoms with van der Waals surface area (Å²) in [6.07, 6.45) is 6.23. The predicted molar refractivity (Wildman–Crippen MR) is 115 cm³/mol. The number of pyridine rings is 2. The normalized spacial score (nSPS) is 15.3. The zero-order valence-corrected chi connectivity index (χ0v) is 16.6. The van der Waals surface area contributed by atoms with Crippen LogP contribution >= 0.6 is 0 Å². The molecule has 0 saturated carbocycles. The molecule has 29 heavy (non-hydrogen) atoms. The van der Waals surface area contributed by atoms with Gasteiger partial charge in [0, 0.05) is 60.4 Å². The largest absolute Gasteiger partial charge is 0.350 e. The van der Waals surface area contributed by atoms with Crippen molar-refractivity contribution in [1.29, 1.82) is 0 Å². The summed E-state index contributed by atoms with van der Waals surface area (Å²) >= 11 is 0. The van der Waals surface area contributed by atoms with Crippen LogP contribution in [0.15, 0.2) is 60.9 Å². The summed E-state index contributed by atoms with van der Waals surface area (Å²) in [7, 11) is 2.03. The van der Waals surface area contributed by atoms with Crippen molar-refractivity contribution in [1.82, 2.24) is 19.4 Å². The zero-order valence-electron chi connectivity index (χ0n) is 16.6. The van der Waals surface area contributed by atoms with Gasteiger partial charge >= 0.3 is 0 Å². The molecule has 5 rings (SSSR count). The van der Waals surface area contributed by atoms with E-state index in [1.165, 1.54) is 10.9 Å². The molecule has 1 amide bonds. The van der Waals surface area contributed by atoms with E-state index in [0.29, 0.717) is 12.3 Å². The lowest BCUT2D eigenvalue weighted by molar-refractivity contribution is -0.131. The van der Waals surface area contributed by atoms with Crippen LogP contribution in [0.3, 0.4) is 0 Å². The third kappa shape index (κ3) is 3.37. The number of aryl methyl sites for hydroxylation is 1. The first-order chi connectivity index (χ1) is 14.2. The number of para-hydroxylation sites is 1. The Bertz CT molecular complexity index is 1190. The maximum atomic E-state index is 12.9. The third-order valence-electron chi connectivity index (χ3n) is 6.07. The molecule has 0 radical (unpaired) electrons. The van der Waals surface area contributed by atoms with E-state index in [2.05, 4.69) is 40.0 Å². The van der Waals surface area contributed by atoms with E-state index in [9.17, 15) is 4.79 Å². The molecule has 4 aromatic rings. The van der Waals surface area contributed by atoms with Gasteiger partial charge in [0.1, 0.15) is 0 Å². The summed E-state index contributed by atoms with van der Waals surface area (Å²) in [5.74, 6) is 0.607. The Labute approximate surface area is 170 Å². The summed E-state index contributed by atoms with van der Waals surface area (Å²) in [5.41, 5.74) is 4.18. The van der Waals surface area contributed by atoms with E-state index in [1.807, 2.05) is 36.2 Å². The number of aromatic nitrogens is 3. The SMILES string of the molecule is Cn1cc(CC(=O)N2CCC(c3ccc4cccnc4n3)CC2)c2ccccc21. The van der Waals surface area contributed by atoms with E-state index < -0.39 is 0 Å². The van der Waals surface area contributed by atoms with Crippen molar-refractivity contribution in [3.05, 3.63) is 72.2 Å². The van der Waals surface area contributed by atoms with Crippen molar-refractivity contribution < 1.29 is 4.79 Å². The van der Waals surface area contributed by atoms with Crippen LogP contribution in [0.2, 0.25) is 0 Å². The van der Waals surface area contributed by atoms with E-state index in [0.717, 1.165) is 48.2 Å². The average Bonchev–Trinajstić information content (AvgIpc) is 3.09. The zero-order chi connectivity index (χ0) is 19.8. The Hall–Kier alpha value is -3.21. The lowest BCUT2D eigenvalue weighted by Gasteiger charge is -2.32. The van der Waals surface area contributed by atoms with Crippen LogP contribution in [-0.4, -0.2) is 38.4 Å². The molecule has 0 aliphatic carbocycles. The number of hydrogen-bond acceptors (Lipinski definition) is 3. The number of carbonyl (C=O) groups excluding carboxylic acids is 1. The monoisotopic (exact) mass is 384 g/mol. The molecule has 3 aromatic heterocycles. The van der Waals surface area contributed by atoms with Gasteiger partial charge in [0.05, 0.1) is 6.42 Å². The minimum atomic E-state index is 0.216. The van der Waals surface area contributed by atoms with Crippen LogP contribution in [0.4, 0.5) is 0 Å². The minimum absolute atomic E-state index is 0.216. The molecule has 146 valence electrons. The van der Waals surface area contributed by atoms with E-state index in [1.54, 1.807) is 6.20 Å². The molecule has 1 saturated heterocycles. The predicted octanol–water partition coefficient (Wildman–Crippen LogP) is 4.07. The maximum Gasteiger partial charge on any atom is 0.227 e. The van der Waals surface area contributed by atoms with Crippen molar-refractivity contribution in [2.75, 3.05) is 13.1 Å². The molecule has 1 fully saturated rings. The number of amides is 1. The highest BCUT2D eigenvalue weighted by Gasteiger charge is 2.25. The topological polar surface area (TPSA) is 51.0 Å². The van der Waals surface area contributed by atoms with Crippen LogP contribution in [-0.2, 0) is 18.3 Å². The molecule has 5 heteroatoms. The van der Waals surface area contributed by atoms with Gasteiger partial charge in [-0.1, -0.05) is 18.2 Å². The summed E-state index contributed by atoms with van der Waals surface area (Å²) in [6, 6.07) is 16.5. The first-order valence-corrected chi connectivity index (χ1v) is 10.2. The number of benzene rings is 1. The molecule has 4 heterocycles. The first-order valence-electron chi connectivity index (χ1n) is 10.2. The number of fused-ring (bicyclic) bond motifs is 2. The molecule has 5 nitrogen and oxygen atoms in total. The van der Waals surface area contributed by atoms with Gasteiger partial charge in [0.25, 0.3) is 0 Å². The molecule has 0 atom stereocenters. The van der Waals surface area contributed by atoms with Crippen molar-refractivity contribution in [3.8, 4) is 0 Å². The van der Waals surface area contributed by atoms with Crippen LogP contribution in [0.5, 0.6) is 0 Å². The highest BCUT2D eigenvalue weighted by Crippen LogP contribution is 2.28. The highest BCUT2D eigenvalue weighted by atomic mass is 16.2. The quantitative estimate of drug-likeness (QED) is 0.535. The average molecular weight is 384 g/mol. The summed E-state index contributed by atoms with van der Waals surface area (Å²) in [5, 5.41) is 2.24. The molecule has 1 aliphatic heterocycles. The van der Waals surface area contributed by atoms with Gasteiger partial charge in [-0.05, 0) is 48.7 Å². The fourth-order valence-corrected chi connectivity index (χ4v) is 4.46. The number of carbonyl (C=O) groups is 1. The second kappa shape index (κ2) is 7.32. The fraction of sp³-hybridized carbons (Fsp3) is 0.292. The molecular weight excluding hydrogens is 360 g/mol. The van der Waals surface area contributed by atoms with Gasteiger partial charge < -0.3 is 9.47 Å². The number of likely N-dealkylation sites (tertiary alicyclic amines) is 1. The van der Waals surface area contributed by atoms with Gasteiger partial charge in [-0.15, -0.1) is 0 Å². The van der Waals surface area contributed by atoms with Crippen LogP contribution in [0.1, 0.15) is 30.0 Å². The number of nitrogens with zero attached hydrogens (tertiary/aromatic N) is 4. The van der Waals surface area contributed by atoms with E-state index in [4.69, 9.17) is 4.98 Å². The molecule has 0 N–H and O–H groups in total. The van der Waals surface area contributed by atoms with Crippen molar-refractivity contribution in [3.63, 3.8) is 0 Å². The second-order valence-corrected chi connectivity index (χ2v) is 7.90. The first kappa shape index (κ1) is 17.9.